The highest BCUT2D eigenvalue weighted by Gasteiger charge is 2.10. The first-order valence-corrected chi connectivity index (χ1v) is 8.63. The van der Waals surface area contributed by atoms with Crippen LogP contribution in [0.2, 0.25) is 0 Å². The Hall–Kier alpha value is -1.34. The predicted octanol–water partition coefficient (Wildman–Crippen LogP) is 1.42. The van der Waals surface area contributed by atoms with Crippen molar-refractivity contribution in [2.75, 3.05) is 17.8 Å². The van der Waals surface area contributed by atoms with E-state index < -0.39 is 16.8 Å². The van der Waals surface area contributed by atoms with E-state index in [1.807, 2.05) is 19.1 Å². The van der Waals surface area contributed by atoms with Crippen molar-refractivity contribution in [2.45, 2.75) is 17.9 Å². The summed E-state index contributed by atoms with van der Waals surface area (Å²) >= 11 is 1.06. The van der Waals surface area contributed by atoms with Crippen LogP contribution in [0.3, 0.4) is 0 Å². The van der Waals surface area contributed by atoms with Crippen molar-refractivity contribution >= 4 is 34.4 Å². The summed E-state index contributed by atoms with van der Waals surface area (Å²) in [5.41, 5.74) is 0.913. The van der Waals surface area contributed by atoms with Gasteiger partial charge in [-0.25, -0.2) is 0 Å². The molecule has 2 N–H and O–H groups in total. The molecule has 1 aromatic carbocycles. The third kappa shape index (κ3) is 5.75. The molecule has 0 aliphatic heterocycles. The minimum atomic E-state index is -1.02. The number of aliphatic carboxylic acids is 1. The van der Waals surface area contributed by atoms with Crippen molar-refractivity contribution in [1.29, 1.82) is 0 Å². The van der Waals surface area contributed by atoms with E-state index in [9.17, 15) is 13.8 Å². The van der Waals surface area contributed by atoms with Gasteiger partial charge in [0.25, 0.3) is 0 Å². The second-order valence-corrected chi connectivity index (χ2v) is 6.56. The molecule has 0 aliphatic carbocycles. The Morgan fingerprint density at radius 2 is 1.90 bits per heavy atom. The molecule has 0 radical (unpaired) electrons. The largest absolute Gasteiger partial charge is 0.481 e. The zero-order valence-corrected chi connectivity index (χ0v) is 12.9. The predicted molar refractivity (Wildman–Crippen MR) is 80.3 cm³/mol. The summed E-state index contributed by atoms with van der Waals surface area (Å²) in [6.07, 6.45) is 1.61. The van der Waals surface area contributed by atoms with Crippen LogP contribution in [-0.2, 0) is 20.4 Å². The van der Waals surface area contributed by atoms with E-state index in [4.69, 9.17) is 5.11 Å². The molecule has 5 nitrogen and oxygen atoms in total. The monoisotopic (exact) mass is 315 g/mol. The first kappa shape index (κ1) is 16.7. The minimum Gasteiger partial charge on any atom is -0.481 e. The Labute approximate surface area is 124 Å². The van der Waals surface area contributed by atoms with Crippen LogP contribution in [-0.4, -0.2) is 39.0 Å². The standard InChI is InChI=1S/C13H17NO4S2/c1-9(14-12(15)7-19-8-13(16)17)10-3-5-11(6-4-10)20(2)18/h3-6,9H,7-8H2,1-2H3,(H,14,15)(H,16,17). The number of thioether (sulfide) groups is 1. The molecule has 110 valence electrons. The van der Waals surface area contributed by atoms with Crippen molar-refractivity contribution < 1.29 is 18.9 Å². The molecular weight excluding hydrogens is 298 g/mol. The molecule has 7 heteroatoms. The van der Waals surface area contributed by atoms with Gasteiger partial charge in [0.05, 0.1) is 17.5 Å². The lowest BCUT2D eigenvalue weighted by Crippen LogP contribution is -2.28. The van der Waals surface area contributed by atoms with Gasteiger partial charge in [-0.05, 0) is 24.6 Å². The second kappa shape index (κ2) is 8.06. The van der Waals surface area contributed by atoms with Gasteiger partial charge in [-0.1, -0.05) is 12.1 Å². The Kier molecular flexibility index (Phi) is 6.74. The van der Waals surface area contributed by atoms with Gasteiger partial charge in [0.2, 0.25) is 5.91 Å². The summed E-state index contributed by atoms with van der Waals surface area (Å²) in [5.74, 6) is -1.10. The number of rotatable bonds is 7. The van der Waals surface area contributed by atoms with Crippen molar-refractivity contribution in [3.63, 3.8) is 0 Å². The summed E-state index contributed by atoms with van der Waals surface area (Å²) in [4.78, 5) is 22.7. The molecule has 0 aromatic heterocycles. The fourth-order valence-corrected chi connectivity index (χ4v) is 2.61. The average molecular weight is 315 g/mol. The maximum Gasteiger partial charge on any atom is 0.313 e. The summed E-state index contributed by atoms with van der Waals surface area (Å²) in [5, 5.41) is 11.3. The number of hydrogen-bond acceptors (Lipinski definition) is 4. The van der Waals surface area contributed by atoms with Crippen LogP contribution in [0.5, 0.6) is 0 Å². The molecule has 1 aromatic rings. The maximum absolute atomic E-state index is 11.6. The molecule has 0 saturated heterocycles. The Balaban J connectivity index is 2.49. The van der Waals surface area contributed by atoms with Gasteiger partial charge in [0, 0.05) is 22.0 Å². The van der Waals surface area contributed by atoms with E-state index in [1.165, 1.54) is 0 Å². The van der Waals surface area contributed by atoms with Crippen LogP contribution in [0.4, 0.5) is 0 Å². The quantitative estimate of drug-likeness (QED) is 0.795. The van der Waals surface area contributed by atoms with E-state index in [2.05, 4.69) is 5.32 Å². The van der Waals surface area contributed by atoms with Gasteiger partial charge >= 0.3 is 5.97 Å². The van der Waals surface area contributed by atoms with E-state index in [0.717, 1.165) is 22.2 Å². The summed E-state index contributed by atoms with van der Waals surface area (Å²) in [6, 6.07) is 7.02. The highest BCUT2D eigenvalue weighted by molar-refractivity contribution is 8.00. The number of benzene rings is 1. The summed E-state index contributed by atoms with van der Waals surface area (Å²) < 4.78 is 11.3. The zero-order valence-electron chi connectivity index (χ0n) is 11.3. The minimum absolute atomic E-state index is 0.0845. The fraction of sp³-hybridized carbons (Fsp3) is 0.385. The maximum atomic E-state index is 11.6. The highest BCUT2D eigenvalue weighted by atomic mass is 32.2. The van der Waals surface area contributed by atoms with Crippen LogP contribution in [0.15, 0.2) is 29.2 Å². The Morgan fingerprint density at radius 1 is 1.30 bits per heavy atom. The molecule has 1 rings (SSSR count). The van der Waals surface area contributed by atoms with Gasteiger partial charge < -0.3 is 10.4 Å². The van der Waals surface area contributed by atoms with Gasteiger partial charge in [-0.2, -0.15) is 0 Å². The Morgan fingerprint density at radius 3 is 2.40 bits per heavy atom. The molecule has 20 heavy (non-hydrogen) atoms. The van der Waals surface area contributed by atoms with Crippen LogP contribution < -0.4 is 5.32 Å². The lowest BCUT2D eigenvalue weighted by atomic mass is 10.1. The number of carbonyl (C=O) groups is 2. The summed E-state index contributed by atoms with van der Waals surface area (Å²) in [7, 11) is -1.02. The molecule has 0 heterocycles. The van der Waals surface area contributed by atoms with Crippen LogP contribution in [0, 0.1) is 0 Å². The van der Waals surface area contributed by atoms with Crippen LogP contribution >= 0.6 is 11.8 Å². The van der Waals surface area contributed by atoms with E-state index in [-0.39, 0.29) is 23.5 Å². The first-order chi connectivity index (χ1) is 9.40. The molecule has 2 unspecified atom stereocenters. The second-order valence-electron chi connectivity index (χ2n) is 4.20. The number of hydrogen-bond donors (Lipinski definition) is 2. The van der Waals surface area contributed by atoms with E-state index >= 15 is 0 Å². The smallest absolute Gasteiger partial charge is 0.313 e. The molecule has 0 spiro atoms. The molecule has 0 saturated carbocycles. The number of carbonyl (C=O) groups excluding carboxylic acids is 1. The van der Waals surface area contributed by atoms with Crippen molar-refractivity contribution in [3.05, 3.63) is 29.8 Å². The van der Waals surface area contributed by atoms with Crippen LogP contribution in [0.1, 0.15) is 18.5 Å². The SMILES string of the molecule is CC(NC(=O)CSCC(=O)O)c1ccc(S(C)=O)cc1. The Bertz CT molecular complexity index is 502. The van der Waals surface area contributed by atoms with Gasteiger partial charge in [0.1, 0.15) is 0 Å². The number of amides is 1. The molecule has 0 fully saturated rings. The number of carboxylic acid groups (broad SMARTS) is 1. The molecule has 2 atom stereocenters. The lowest BCUT2D eigenvalue weighted by Gasteiger charge is -2.14. The molecular formula is C13H17NO4S2. The molecule has 1 amide bonds. The normalized spacial score (nSPS) is 13.5. The molecule has 0 aliphatic rings. The summed E-state index contributed by atoms with van der Waals surface area (Å²) in [6.45, 7) is 1.84. The number of nitrogens with one attached hydrogen (secondary N) is 1. The lowest BCUT2D eigenvalue weighted by molar-refractivity contribution is -0.133. The van der Waals surface area contributed by atoms with E-state index in [1.54, 1.807) is 18.4 Å². The molecule has 0 bridgehead atoms. The fourth-order valence-electron chi connectivity index (χ4n) is 1.55. The third-order valence-corrected chi connectivity index (χ3v) is 4.40. The topological polar surface area (TPSA) is 83.5 Å². The first-order valence-electron chi connectivity index (χ1n) is 5.92. The average Bonchev–Trinajstić information content (AvgIpc) is 2.38. The van der Waals surface area contributed by atoms with Gasteiger partial charge in [-0.15, -0.1) is 11.8 Å². The van der Waals surface area contributed by atoms with Crippen LogP contribution in [0.25, 0.3) is 0 Å². The van der Waals surface area contributed by atoms with Gasteiger partial charge in [-0.3, -0.25) is 13.8 Å². The third-order valence-electron chi connectivity index (χ3n) is 2.55. The van der Waals surface area contributed by atoms with Gasteiger partial charge in [0.15, 0.2) is 0 Å². The van der Waals surface area contributed by atoms with Crippen molar-refractivity contribution in [3.8, 4) is 0 Å². The van der Waals surface area contributed by atoms with E-state index in [0.29, 0.717) is 0 Å². The zero-order chi connectivity index (χ0) is 15.1. The van der Waals surface area contributed by atoms with Crippen molar-refractivity contribution in [1.82, 2.24) is 5.32 Å². The highest BCUT2D eigenvalue weighted by Crippen LogP contribution is 2.15. The number of carboxylic acids is 1. The van der Waals surface area contributed by atoms with Crippen molar-refractivity contribution in [2.24, 2.45) is 0 Å².